The van der Waals surface area contributed by atoms with E-state index < -0.39 is 6.10 Å². The van der Waals surface area contributed by atoms with Crippen molar-refractivity contribution in [3.8, 4) is 0 Å². The first-order valence-corrected chi connectivity index (χ1v) is 9.90. The van der Waals surface area contributed by atoms with Crippen LogP contribution in [0.5, 0.6) is 0 Å². The average Bonchev–Trinajstić information content (AvgIpc) is 3.20. The third-order valence-corrected chi connectivity index (χ3v) is 5.13. The summed E-state index contributed by atoms with van der Waals surface area (Å²) in [4.78, 5) is 14.9. The van der Waals surface area contributed by atoms with Gasteiger partial charge in [0.1, 0.15) is 6.10 Å². The fourth-order valence-corrected chi connectivity index (χ4v) is 3.59. The Labute approximate surface area is 156 Å². The molecule has 0 radical (unpaired) electrons. The van der Waals surface area contributed by atoms with Crippen LogP contribution in [0.25, 0.3) is 0 Å². The third-order valence-electron chi connectivity index (χ3n) is 5.13. The molecule has 1 amide bonds. The number of hydrogen-bond acceptors (Lipinski definition) is 4. The Bertz CT molecular complexity index is 538. The Morgan fingerprint density at radius 3 is 2.54 bits per heavy atom. The molecule has 2 aliphatic heterocycles. The summed E-state index contributed by atoms with van der Waals surface area (Å²) in [7, 11) is 0. The van der Waals surface area contributed by atoms with Crippen molar-refractivity contribution in [2.45, 2.75) is 63.9 Å². The first kappa shape index (κ1) is 19.3. The number of rotatable bonds is 8. The molecule has 0 N–H and O–H groups in total. The van der Waals surface area contributed by atoms with Crippen LogP contribution in [-0.4, -0.2) is 55.5 Å². The van der Waals surface area contributed by atoms with Gasteiger partial charge in [0.2, 0.25) is 0 Å². The second-order valence-corrected chi connectivity index (χ2v) is 7.30. The van der Waals surface area contributed by atoms with Gasteiger partial charge in [0, 0.05) is 26.3 Å². The topological polar surface area (TPSA) is 48.0 Å². The molecule has 1 aromatic rings. The average molecular weight is 361 g/mol. The highest BCUT2D eigenvalue weighted by Gasteiger charge is 2.27. The van der Waals surface area contributed by atoms with Gasteiger partial charge in [0.25, 0.3) is 5.91 Å². The van der Waals surface area contributed by atoms with Gasteiger partial charge < -0.3 is 19.1 Å². The van der Waals surface area contributed by atoms with Gasteiger partial charge in [-0.15, -0.1) is 0 Å². The number of carbonyl (C=O) groups excluding carboxylic acids is 1. The van der Waals surface area contributed by atoms with Gasteiger partial charge in [0.15, 0.2) is 0 Å². The summed E-state index contributed by atoms with van der Waals surface area (Å²) < 4.78 is 17.3. The molecule has 1 aromatic carbocycles. The first-order chi connectivity index (χ1) is 12.7. The largest absolute Gasteiger partial charge is 0.376 e. The first-order valence-electron chi connectivity index (χ1n) is 9.90. The Kier molecular flexibility index (Phi) is 7.47. The van der Waals surface area contributed by atoms with Crippen molar-refractivity contribution < 1.29 is 19.0 Å². The van der Waals surface area contributed by atoms with E-state index in [0.29, 0.717) is 19.7 Å². The Morgan fingerprint density at radius 2 is 1.85 bits per heavy atom. The molecular weight excluding hydrogens is 330 g/mol. The smallest absolute Gasteiger partial charge is 0.251 e. The number of nitrogens with zero attached hydrogens (tertiary/aromatic N) is 1. The molecule has 2 fully saturated rings. The summed E-state index contributed by atoms with van der Waals surface area (Å²) in [6.07, 6.45) is 5.20. The molecule has 2 aliphatic rings. The molecule has 5 heteroatoms. The lowest BCUT2D eigenvalue weighted by Crippen LogP contribution is -2.43. The monoisotopic (exact) mass is 361 g/mol. The molecule has 0 aliphatic carbocycles. The summed E-state index contributed by atoms with van der Waals surface area (Å²) in [5.41, 5.74) is 1.13. The van der Waals surface area contributed by atoms with Crippen LogP contribution in [-0.2, 0) is 25.5 Å². The molecule has 3 rings (SSSR count). The van der Waals surface area contributed by atoms with E-state index in [9.17, 15) is 4.79 Å². The molecular formula is C21H31NO4. The van der Waals surface area contributed by atoms with Crippen LogP contribution < -0.4 is 0 Å². The standard InChI is InChI=1S/C21H31NO4/c1-17(26-16-20-10-5-6-12-25-20)21(23)22(15-19-11-7-13-24-19)14-18-8-3-2-4-9-18/h2-4,8-9,17,19-20H,5-7,10-16H2,1H3. The van der Waals surface area contributed by atoms with Gasteiger partial charge in [0.05, 0.1) is 18.8 Å². The number of amides is 1. The van der Waals surface area contributed by atoms with Crippen molar-refractivity contribution >= 4 is 5.91 Å². The van der Waals surface area contributed by atoms with Crippen molar-refractivity contribution in [2.75, 3.05) is 26.4 Å². The third kappa shape index (κ3) is 5.79. The van der Waals surface area contributed by atoms with Crippen LogP contribution in [0.1, 0.15) is 44.6 Å². The molecule has 3 atom stereocenters. The predicted molar refractivity (Wildman–Crippen MR) is 99.8 cm³/mol. The van der Waals surface area contributed by atoms with Gasteiger partial charge in [-0.2, -0.15) is 0 Å². The molecule has 0 bridgehead atoms. The quantitative estimate of drug-likeness (QED) is 0.714. The molecule has 26 heavy (non-hydrogen) atoms. The second-order valence-electron chi connectivity index (χ2n) is 7.30. The van der Waals surface area contributed by atoms with Crippen LogP contribution in [0.2, 0.25) is 0 Å². The second kappa shape index (κ2) is 10.0. The maximum atomic E-state index is 13.0. The Morgan fingerprint density at radius 1 is 1.12 bits per heavy atom. The highest BCUT2D eigenvalue weighted by atomic mass is 16.5. The number of benzene rings is 1. The normalized spacial score (nSPS) is 24.3. The van der Waals surface area contributed by atoms with Gasteiger partial charge in [-0.1, -0.05) is 30.3 Å². The SMILES string of the molecule is CC(OCC1CCCCO1)C(=O)N(Cc1ccccc1)CC1CCCO1. The summed E-state index contributed by atoms with van der Waals surface area (Å²) >= 11 is 0. The zero-order valence-corrected chi connectivity index (χ0v) is 15.8. The molecule has 0 aromatic heterocycles. The summed E-state index contributed by atoms with van der Waals surface area (Å²) in [5, 5.41) is 0. The van der Waals surface area contributed by atoms with E-state index in [4.69, 9.17) is 14.2 Å². The lowest BCUT2D eigenvalue weighted by molar-refractivity contribution is -0.148. The minimum absolute atomic E-state index is 0.0279. The van der Waals surface area contributed by atoms with E-state index >= 15 is 0 Å². The Hall–Kier alpha value is -1.43. The molecule has 0 saturated carbocycles. The van der Waals surface area contributed by atoms with Crippen LogP contribution in [0.3, 0.4) is 0 Å². The highest BCUT2D eigenvalue weighted by molar-refractivity contribution is 5.80. The maximum absolute atomic E-state index is 13.0. The fourth-order valence-electron chi connectivity index (χ4n) is 3.59. The van der Waals surface area contributed by atoms with E-state index in [1.54, 1.807) is 0 Å². The van der Waals surface area contributed by atoms with E-state index in [1.807, 2.05) is 30.0 Å². The molecule has 2 saturated heterocycles. The van der Waals surface area contributed by atoms with Crippen molar-refractivity contribution in [3.63, 3.8) is 0 Å². The zero-order chi connectivity index (χ0) is 18.2. The number of hydrogen-bond donors (Lipinski definition) is 0. The number of ether oxygens (including phenoxy) is 3. The van der Waals surface area contributed by atoms with Crippen molar-refractivity contribution in [1.82, 2.24) is 4.90 Å². The molecule has 2 heterocycles. The lowest BCUT2D eigenvalue weighted by Gasteiger charge is -2.29. The highest BCUT2D eigenvalue weighted by Crippen LogP contribution is 2.18. The fraction of sp³-hybridized carbons (Fsp3) is 0.667. The van der Waals surface area contributed by atoms with E-state index in [-0.39, 0.29) is 18.1 Å². The maximum Gasteiger partial charge on any atom is 0.251 e. The van der Waals surface area contributed by atoms with Crippen molar-refractivity contribution in [1.29, 1.82) is 0 Å². The van der Waals surface area contributed by atoms with Gasteiger partial charge in [-0.3, -0.25) is 4.79 Å². The minimum Gasteiger partial charge on any atom is -0.376 e. The van der Waals surface area contributed by atoms with E-state index in [0.717, 1.165) is 44.5 Å². The van der Waals surface area contributed by atoms with Crippen LogP contribution >= 0.6 is 0 Å². The number of carbonyl (C=O) groups is 1. The summed E-state index contributed by atoms with van der Waals surface area (Å²) in [5.74, 6) is 0.0279. The van der Waals surface area contributed by atoms with Gasteiger partial charge in [-0.05, 0) is 44.6 Å². The van der Waals surface area contributed by atoms with Crippen LogP contribution in [0.4, 0.5) is 0 Å². The van der Waals surface area contributed by atoms with E-state index in [2.05, 4.69) is 12.1 Å². The van der Waals surface area contributed by atoms with Crippen LogP contribution in [0.15, 0.2) is 30.3 Å². The summed E-state index contributed by atoms with van der Waals surface area (Å²) in [6, 6.07) is 10.1. The Balaban J connectivity index is 1.56. The molecule has 144 valence electrons. The van der Waals surface area contributed by atoms with Gasteiger partial charge in [-0.25, -0.2) is 0 Å². The van der Waals surface area contributed by atoms with Crippen molar-refractivity contribution in [3.05, 3.63) is 35.9 Å². The predicted octanol–water partition coefficient (Wildman–Crippen LogP) is 3.17. The zero-order valence-electron chi connectivity index (χ0n) is 15.8. The molecule has 3 unspecified atom stereocenters. The molecule has 5 nitrogen and oxygen atoms in total. The van der Waals surface area contributed by atoms with Crippen LogP contribution in [0, 0.1) is 0 Å². The molecule has 0 spiro atoms. The van der Waals surface area contributed by atoms with E-state index in [1.165, 1.54) is 6.42 Å². The van der Waals surface area contributed by atoms with Crippen molar-refractivity contribution in [2.24, 2.45) is 0 Å². The lowest BCUT2D eigenvalue weighted by atomic mass is 10.1. The van der Waals surface area contributed by atoms with Gasteiger partial charge >= 0.3 is 0 Å². The minimum atomic E-state index is -0.467. The summed E-state index contributed by atoms with van der Waals surface area (Å²) in [6.45, 7) is 5.15.